The Hall–Kier alpha value is -2.86. The van der Waals surface area contributed by atoms with E-state index in [0.29, 0.717) is 24.4 Å². The Morgan fingerprint density at radius 3 is 2.41 bits per heavy atom. The van der Waals surface area contributed by atoms with Gasteiger partial charge >= 0.3 is 0 Å². The van der Waals surface area contributed by atoms with Crippen molar-refractivity contribution in [2.24, 2.45) is 0 Å². The van der Waals surface area contributed by atoms with Gasteiger partial charge in [0.1, 0.15) is 0 Å². The highest BCUT2D eigenvalue weighted by molar-refractivity contribution is 5.96. The molecule has 0 bridgehead atoms. The van der Waals surface area contributed by atoms with Crippen LogP contribution in [-0.4, -0.2) is 38.6 Å². The minimum Gasteiger partial charge on any atom is -0.383 e. The molecule has 0 fully saturated rings. The lowest BCUT2D eigenvalue weighted by molar-refractivity contribution is -0.114. The molecule has 0 radical (unpaired) electrons. The van der Waals surface area contributed by atoms with E-state index < -0.39 is 0 Å². The van der Waals surface area contributed by atoms with Gasteiger partial charge in [-0.15, -0.1) is 0 Å². The molecule has 2 rings (SSSR count). The van der Waals surface area contributed by atoms with Gasteiger partial charge in [0.05, 0.1) is 13.2 Å². The summed E-state index contributed by atoms with van der Waals surface area (Å²) < 4.78 is 4.92. The summed E-state index contributed by atoms with van der Waals surface area (Å²) in [7, 11) is 1.58. The van der Waals surface area contributed by atoms with Crippen LogP contribution >= 0.6 is 0 Å². The van der Waals surface area contributed by atoms with Crippen molar-refractivity contribution >= 4 is 23.2 Å². The Morgan fingerprint density at radius 1 is 1.04 bits per heavy atom. The first kappa shape index (κ1) is 20.5. The highest BCUT2D eigenvalue weighted by Gasteiger charge is 2.09. The molecule has 0 aliphatic heterocycles. The predicted octanol–water partition coefficient (Wildman–Crippen LogP) is 3.04. The molecule has 2 amide bonds. The van der Waals surface area contributed by atoms with Gasteiger partial charge in [-0.2, -0.15) is 0 Å². The second kappa shape index (κ2) is 9.73. The number of benzene rings is 2. The molecule has 0 atom stereocenters. The summed E-state index contributed by atoms with van der Waals surface area (Å²) in [6.07, 6.45) is 0. The van der Waals surface area contributed by atoms with Gasteiger partial charge < -0.3 is 20.7 Å². The molecule has 27 heavy (non-hydrogen) atoms. The van der Waals surface area contributed by atoms with E-state index in [4.69, 9.17) is 4.74 Å². The zero-order valence-electron chi connectivity index (χ0n) is 16.3. The van der Waals surface area contributed by atoms with E-state index in [1.165, 1.54) is 5.56 Å². The maximum absolute atomic E-state index is 12.3. The van der Waals surface area contributed by atoms with Gasteiger partial charge in [-0.05, 0) is 50.1 Å². The Bertz CT molecular complexity index is 795. The SMILES string of the molecule is COCCNC(=O)c1cccc(NCC(=O)Nc2c(C)cc(C)cc2C)c1. The van der Waals surface area contributed by atoms with E-state index in [9.17, 15) is 9.59 Å². The molecule has 0 spiro atoms. The topological polar surface area (TPSA) is 79.5 Å². The first-order valence-electron chi connectivity index (χ1n) is 8.89. The predicted molar refractivity (Wildman–Crippen MR) is 108 cm³/mol. The van der Waals surface area contributed by atoms with E-state index in [2.05, 4.69) is 16.0 Å². The van der Waals surface area contributed by atoms with E-state index in [-0.39, 0.29) is 18.4 Å². The average molecular weight is 369 g/mol. The van der Waals surface area contributed by atoms with E-state index >= 15 is 0 Å². The van der Waals surface area contributed by atoms with Crippen LogP contribution in [0.2, 0.25) is 0 Å². The summed E-state index contributed by atoms with van der Waals surface area (Å²) in [4.78, 5) is 24.4. The number of ether oxygens (including phenoxy) is 1. The van der Waals surface area contributed by atoms with Crippen molar-refractivity contribution < 1.29 is 14.3 Å². The molecule has 0 heterocycles. The molecular formula is C21H27N3O3. The van der Waals surface area contributed by atoms with Gasteiger partial charge in [0.15, 0.2) is 0 Å². The molecule has 0 unspecified atom stereocenters. The van der Waals surface area contributed by atoms with Gasteiger partial charge in [-0.3, -0.25) is 9.59 Å². The summed E-state index contributed by atoms with van der Waals surface area (Å²) in [5.74, 6) is -0.314. The number of methoxy groups -OCH3 is 1. The van der Waals surface area contributed by atoms with Gasteiger partial charge in [-0.1, -0.05) is 23.8 Å². The number of hydrogen-bond donors (Lipinski definition) is 3. The van der Waals surface area contributed by atoms with Crippen LogP contribution in [0, 0.1) is 20.8 Å². The summed E-state index contributed by atoms with van der Waals surface area (Å²) >= 11 is 0. The third kappa shape index (κ3) is 6.11. The van der Waals surface area contributed by atoms with Crippen LogP contribution in [0.25, 0.3) is 0 Å². The fourth-order valence-corrected chi connectivity index (χ4v) is 2.88. The molecule has 0 aromatic heterocycles. The number of aryl methyl sites for hydroxylation is 3. The third-order valence-corrected chi connectivity index (χ3v) is 4.11. The number of hydrogen-bond acceptors (Lipinski definition) is 4. The molecule has 3 N–H and O–H groups in total. The standard InChI is InChI=1S/C21H27N3O3/c1-14-10-15(2)20(16(3)11-14)24-19(25)13-23-18-7-5-6-17(12-18)21(26)22-8-9-27-4/h5-7,10-12,23H,8-9,13H2,1-4H3,(H,22,26)(H,24,25). The zero-order chi connectivity index (χ0) is 19.8. The lowest BCUT2D eigenvalue weighted by Gasteiger charge is -2.14. The van der Waals surface area contributed by atoms with Gasteiger partial charge in [0, 0.05) is 30.6 Å². The Kier molecular flexibility index (Phi) is 7.37. The number of amides is 2. The molecule has 6 heteroatoms. The molecule has 2 aromatic carbocycles. The Labute approximate surface area is 160 Å². The molecule has 6 nitrogen and oxygen atoms in total. The van der Waals surface area contributed by atoms with Crippen LogP contribution in [-0.2, 0) is 9.53 Å². The molecule has 0 aliphatic carbocycles. The smallest absolute Gasteiger partial charge is 0.251 e. The normalized spacial score (nSPS) is 10.4. The molecule has 0 saturated heterocycles. The van der Waals surface area contributed by atoms with Crippen LogP contribution in [0.3, 0.4) is 0 Å². The number of anilines is 2. The monoisotopic (exact) mass is 369 g/mol. The first-order valence-corrected chi connectivity index (χ1v) is 8.89. The second-order valence-corrected chi connectivity index (χ2v) is 6.50. The average Bonchev–Trinajstić information content (AvgIpc) is 2.63. The zero-order valence-corrected chi connectivity index (χ0v) is 16.3. The van der Waals surface area contributed by atoms with Crippen molar-refractivity contribution in [1.82, 2.24) is 5.32 Å². The molecule has 0 saturated carbocycles. The van der Waals surface area contributed by atoms with Crippen molar-refractivity contribution in [3.05, 3.63) is 58.7 Å². The summed E-state index contributed by atoms with van der Waals surface area (Å²) in [5.41, 5.74) is 5.33. The van der Waals surface area contributed by atoms with Crippen molar-refractivity contribution in [1.29, 1.82) is 0 Å². The van der Waals surface area contributed by atoms with E-state index in [1.54, 1.807) is 25.3 Å². The van der Waals surface area contributed by atoms with Crippen molar-refractivity contribution in [3.8, 4) is 0 Å². The van der Waals surface area contributed by atoms with Crippen molar-refractivity contribution in [2.75, 3.05) is 37.4 Å². The molecule has 144 valence electrons. The van der Waals surface area contributed by atoms with E-state index in [0.717, 1.165) is 16.8 Å². The first-order chi connectivity index (χ1) is 12.9. The van der Waals surface area contributed by atoms with Crippen molar-refractivity contribution in [3.63, 3.8) is 0 Å². The maximum Gasteiger partial charge on any atom is 0.251 e. The quantitative estimate of drug-likeness (QED) is 0.625. The number of rotatable bonds is 8. The summed E-state index contributed by atoms with van der Waals surface area (Å²) in [6, 6.07) is 11.1. The van der Waals surface area contributed by atoms with Crippen molar-refractivity contribution in [2.45, 2.75) is 20.8 Å². The van der Waals surface area contributed by atoms with Gasteiger partial charge in [0.2, 0.25) is 5.91 Å². The largest absolute Gasteiger partial charge is 0.383 e. The Morgan fingerprint density at radius 2 is 1.74 bits per heavy atom. The highest BCUT2D eigenvalue weighted by atomic mass is 16.5. The van der Waals surface area contributed by atoms with Gasteiger partial charge in [0.25, 0.3) is 5.91 Å². The molecule has 0 aliphatic rings. The van der Waals surface area contributed by atoms with Crippen LogP contribution in [0.1, 0.15) is 27.0 Å². The number of carbonyl (C=O) groups is 2. The number of carbonyl (C=O) groups excluding carboxylic acids is 2. The summed E-state index contributed by atoms with van der Waals surface area (Å²) in [6.45, 7) is 7.02. The van der Waals surface area contributed by atoms with Crippen LogP contribution in [0.15, 0.2) is 36.4 Å². The van der Waals surface area contributed by atoms with Crippen LogP contribution < -0.4 is 16.0 Å². The number of nitrogens with one attached hydrogen (secondary N) is 3. The molecule has 2 aromatic rings. The fourth-order valence-electron chi connectivity index (χ4n) is 2.88. The van der Waals surface area contributed by atoms with Crippen LogP contribution in [0.4, 0.5) is 11.4 Å². The van der Waals surface area contributed by atoms with Gasteiger partial charge in [-0.25, -0.2) is 0 Å². The van der Waals surface area contributed by atoms with Crippen LogP contribution in [0.5, 0.6) is 0 Å². The highest BCUT2D eigenvalue weighted by Crippen LogP contribution is 2.21. The molecular weight excluding hydrogens is 342 g/mol. The third-order valence-electron chi connectivity index (χ3n) is 4.11. The van der Waals surface area contributed by atoms with E-state index in [1.807, 2.05) is 39.0 Å². The lowest BCUT2D eigenvalue weighted by Crippen LogP contribution is -2.27. The minimum atomic E-state index is -0.175. The second-order valence-electron chi connectivity index (χ2n) is 6.50. The minimum absolute atomic E-state index is 0.113. The Balaban J connectivity index is 1.94. The summed E-state index contributed by atoms with van der Waals surface area (Å²) in [5, 5.41) is 8.78. The fraction of sp³-hybridized carbons (Fsp3) is 0.333. The maximum atomic E-state index is 12.3. The lowest BCUT2D eigenvalue weighted by atomic mass is 10.1.